The molecule has 2 aromatic heterocycles. The molecule has 0 unspecified atom stereocenters. The summed E-state index contributed by atoms with van der Waals surface area (Å²) in [4.78, 5) is 17.3. The Labute approximate surface area is 207 Å². The van der Waals surface area contributed by atoms with Crippen molar-refractivity contribution < 1.29 is 14.3 Å². The number of nitrogens with one attached hydrogen (secondary N) is 1. The normalized spacial score (nSPS) is 11.1. The highest BCUT2D eigenvalue weighted by Gasteiger charge is 2.17. The third kappa shape index (κ3) is 4.95. The van der Waals surface area contributed by atoms with Gasteiger partial charge in [-0.1, -0.05) is 30.3 Å². The van der Waals surface area contributed by atoms with Gasteiger partial charge in [0.1, 0.15) is 23.1 Å². The van der Waals surface area contributed by atoms with Crippen LogP contribution in [0.15, 0.2) is 65.6 Å². The van der Waals surface area contributed by atoms with Crippen LogP contribution < -0.4 is 14.8 Å². The van der Waals surface area contributed by atoms with Gasteiger partial charge in [0, 0.05) is 28.4 Å². The highest BCUT2D eigenvalue weighted by atomic mass is 32.1. The predicted molar refractivity (Wildman–Crippen MR) is 138 cm³/mol. The first-order valence-electron chi connectivity index (χ1n) is 10.8. The number of aryl methyl sites for hydroxylation is 1. The van der Waals surface area contributed by atoms with Gasteiger partial charge in [-0.15, -0.1) is 11.3 Å². The Morgan fingerprint density at radius 2 is 1.89 bits per heavy atom. The molecular formula is C27H24N4O3S. The number of methoxy groups -OCH3 is 2. The minimum absolute atomic E-state index is 0.0145. The number of anilines is 1. The molecule has 0 bridgehead atoms. The summed E-state index contributed by atoms with van der Waals surface area (Å²) in [5.41, 5.74) is 5.05. The fraction of sp³-hybridized carbons (Fsp3) is 0.148. The second-order valence-electron chi connectivity index (χ2n) is 7.73. The summed E-state index contributed by atoms with van der Waals surface area (Å²) in [7, 11) is 3.22. The van der Waals surface area contributed by atoms with Crippen LogP contribution in [0.25, 0.3) is 23.0 Å². The number of carbonyl (C=O) groups excluding carboxylic acids is 1. The van der Waals surface area contributed by atoms with Crippen molar-refractivity contribution in [2.24, 2.45) is 0 Å². The monoisotopic (exact) mass is 484 g/mol. The third-order valence-corrected chi connectivity index (χ3v) is 6.31. The van der Waals surface area contributed by atoms with E-state index in [0.717, 1.165) is 33.9 Å². The smallest absolute Gasteiger partial charge is 0.268 e. The molecule has 0 fully saturated rings. The molecule has 4 aromatic rings. The summed E-state index contributed by atoms with van der Waals surface area (Å²) in [6.45, 7) is 3.88. The standard InChI is InChI=1S/C27H24N4O3S/c1-17-12-20(18(2)31(17)24-14-22(33-3)10-11-25(24)34-4)13-21(15-28)26(32)30-27-29-23(16-35-27)19-8-6-5-7-9-19/h5-14,16H,1-4H3,(H,29,30,32)/b21-13-. The van der Waals surface area contributed by atoms with E-state index < -0.39 is 5.91 Å². The van der Waals surface area contributed by atoms with Gasteiger partial charge in [0.2, 0.25) is 0 Å². The molecule has 0 radical (unpaired) electrons. The van der Waals surface area contributed by atoms with Crippen LogP contribution in [-0.4, -0.2) is 29.7 Å². The Hall–Kier alpha value is -4.35. The number of nitriles is 1. The average Bonchev–Trinajstić information content (AvgIpc) is 3.45. The van der Waals surface area contributed by atoms with E-state index in [2.05, 4.69) is 10.3 Å². The molecule has 0 aliphatic rings. The van der Waals surface area contributed by atoms with E-state index in [-0.39, 0.29) is 5.57 Å². The lowest BCUT2D eigenvalue weighted by Crippen LogP contribution is -2.13. The number of aromatic nitrogens is 2. The van der Waals surface area contributed by atoms with E-state index in [1.165, 1.54) is 11.3 Å². The Morgan fingerprint density at radius 1 is 1.11 bits per heavy atom. The quantitative estimate of drug-likeness (QED) is 0.265. The molecule has 0 aliphatic carbocycles. The van der Waals surface area contributed by atoms with Crippen LogP contribution in [0.5, 0.6) is 11.5 Å². The predicted octanol–water partition coefficient (Wildman–Crippen LogP) is 5.78. The maximum atomic E-state index is 12.9. The Kier molecular flexibility index (Phi) is 6.99. The summed E-state index contributed by atoms with van der Waals surface area (Å²) in [5, 5.41) is 14.8. The van der Waals surface area contributed by atoms with Gasteiger partial charge in [0.25, 0.3) is 5.91 Å². The first-order chi connectivity index (χ1) is 16.9. The maximum absolute atomic E-state index is 12.9. The fourth-order valence-corrected chi connectivity index (χ4v) is 4.53. The highest BCUT2D eigenvalue weighted by molar-refractivity contribution is 7.14. The van der Waals surface area contributed by atoms with Gasteiger partial charge in [-0.2, -0.15) is 5.26 Å². The minimum atomic E-state index is -0.509. The minimum Gasteiger partial charge on any atom is -0.497 e. The molecule has 2 aromatic carbocycles. The summed E-state index contributed by atoms with van der Waals surface area (Å²) >= 11 is 1.31. The molecule has 0 atom stereocenters. The zero-order valence-corrected chi connectivity index (χ0v) is 20.6. The largest absolute Gasteiger partial charge is 0.497 e. The van der Waals surface area contributed by atoms with E-state index in [0.29, 0.717) is 16.6 Å². The number of carbonyl (C=O) groups is 1. The van der Waals surface area contributed by atoms with E-state index in [9.17, 15) is 10.1 Å². The zero-order chi connectivity index (χ0) is 24.9. The third-order valence-electron chi connectivity index (χ3n) is 5.56. The number of ether oxygens (including phenoxy) is 2. The van der Waals surface area contributed by atoms with Crippen LogP contribution in [0.3, 0.4) is 0 Å². The fourth-order valence-electron chi connectivity index (χ4n) is 3.82. The number of nitrogens with zero attached hydrogens (tertiary/aromatic N) is 3. The van der Waals surface area contributed by atoms with E-state index in [1.807, 2.05) is 84.5 Å². The number of hydrogen-bond acceptors (Lipinski definition) is 6. The van der Waals surface area contributed by atoms with Crippen LogP contribution in [0, 0.1) is 25.2 Å². The van der Waals surface area contributed by atoms with Crippen molar-refractivity contribution in [3.63, 3.8) is 0 Å². The number of amides is 1. The van der Waals surface area contributed by atoms with Crippen molar-refractivity contribution in [1.82, 2.24) is 9.55 Å². The number of thiazole rings is 1. The van der Waals surface area contributed by atoms with Gasteiger partial charge < -0.3 is 14.0 Å². The number of rotatable bonds is 7. The Balaban J connectivity index is 1.62. The first kappa shape index (κ1) is 23.8. The topological polar surface area (TPSA) is 89.2 Å². The van der Waals surface area contributed by atoms with E-state index in [1.54, 1.807) is 20.3 Å². The van der Waals surface area contributed by atoms with Crippen molar-refractivity contribution in [2.45, 2.75) is 13.8 Å². The summed E-state index contributed by atoms with van der Waals surface area (Å²) in [6, 6.07) is 19.2. The summed E-state index contributed by atoms with van der Waals surface area (Å²) in [5.74, 6) is 0.866. The zero-order valence-electron chi connectivity index (χ0n) is 19.8. The molecule has 8 heteroatoms. The molecule has 7 nitrogen and oxygen atoms in total. The number of hydrogen-bond donors (Lipinski definition) is 1. The molecule has 2 heterocycles. The lowest BCUT2D eigenvalue weighted by atomic mass is 10.1. The Morgan fingerprint density at radius 3 is 2.57 bits per heavy atom. The van der Waals surface area contributed by atoms with Gasteiger partial charge in [0.05, 0.1) is 25.6 Å². The van der Waals surface area contributed by atoms with Crippen LogP contribution in [0.2, 0.25) is 0 Å². The molecule has 0 spiro atoms. The summed E-state index contributed by atoms with van der Waals surface area (Å²) < 4.78 is 12.9. The second-order valence-corrected chi connectivity index (χ2v) is 8.59. The SMILES string of the molecule is COc1ccc(OC)c(-n2c(C)cc(/C=C(/C#N)C(=O)Nc3nc(-c4ccccc4)cs3)c2C)c1. The first-order valence-corrected chi connectivity index (χ1v) is 11.7. The van der Waals surface area contributed by atoms with Crippen molar-refractivity contribution in [1.29, 1.82) is 5.26 Å². The molecule has 0 aliphatic heterocycles. The van der Waals surface area contributed by atoms with Crippen molar-refractivity contribution >= 4 is 28.5 Å². The van der Waals surface area contributed by atoms with Crippen molar-refractivity contribution in [3.05, 3.63) is 82.5 Å². The van der Waals surface area contributed by atoms with Crippen LogP contribution in [-0.2, 0) is 4.79 Å². The van der Waals surface area contributed by atoms with Gasteiger partial charge in [-0.05, 0) is 43.7 Å². The number of benzene rings is 2. The van der Waals surface area contributed by atoms with Gasteiger partial charge in [0.15, 0.2) is 5.13 Å². The van der Waals surface area contributed by atoms with Gasteiger partial charge in [-0.3, -0.25) is 10.1 Å². The van der Waals surface area contributed by atoms with E-state index in [4.69, 9.17) is 9.47 Å². The average molecular weight is 485 g/mol. The van der Waals surface area contributed by atoms with E-state index >= 15 is 0 Å². The molecule has 35 heavy (non-hydrogen) atoms. The molecule has 4 rings (SSSR count). The Bertz CT molecular complexity index is 1450. The molecule has 1 N–H and O–H groups in total. The highest BCUT2D eigenvalue weighted by Crippen LogP contribution is 2.32. The lowest BCUT2D eigenvalue weighted by Gasteiger charge is -2.15. The van der Waals surface area contributed by atoms with Gasteiger partial charge in [-0.25, -0.2) is 4.98 Å². The molecular weight excluding hydrogens is 460 g/mol. The molecule has 176 valence electrons. The molecule has 0 saturated carbocycles. The van der Waals surface area contributed by atoms with Crippen molar-refractivity contribution in [3.8, 4) is 34.5 Å². The van der Waals surface area contributed by atoms with Crippen LogP contribution in [0.4, 0.5) is 5.13 Å². The second kappa shape index (κ2) is 10.3. The van der Waals surface area contributed by atoms with Crippen LogP contribution >= 0.6 is 11.3 Å². The van der Waals surface area contributed by atoms with Crippen molar-refractivity contribution in [2.75, 3.05) is 19.5 Å². The molecule has 0 saturated heterocycles. The molecule has 1 amide bonds. The lowest BCUT2D eigenvalue weighted by molar-refractivity contribution is -0.112. The summed E-state index contributed by atoms with van der Waals surface area (Å²) in [6.07, 6.45) is 1.59. The van der Waals surface area contributed by atoms with Gasteiger partial charge >= 0.3 is 0 Å². The maximum Gasteiger partial charge on any atom is 0.268 e. The van der Waals surface area contributed by atoms with Crippen LogP contribution in [0.1, 0.15) is 17.0 Å².